The van der Waals surface area contributed by atoms with Crippen LogP contribution in [-0.2, 0) is 6.54 Å². The summed E-state index contributed by atoms with van der Waals surface area (Å²) in [5.41, 5.74) is 2.66. The smallest absolute Gasteiger partial charge is 0.0208 e. The number of nitrogens with one attached hydrogen (secondary N) is 1. The third-order valence-corrected chi connectivity index (χ3v) is 4.48. The highest BCUT2D eigenvalue weighted by atomic mass is 79.9. The summed E-state index contributed by atoms with van der Waals surface area (Å²) in [7, 11) is 0. The van der Waals surface area contributed by atoms with Crippen LogP contribution >= 0.6 is 27.7 Å². The van der Waals surface area contributed by atoms with Crippen LogP contribution in [0.25, 0.3) is 0 Å². The average molecular weight is 302 g/mol. The Bertz CT molecular complexity index is 328. The second kappa shape index (κ2) is 7.36. The molecule has 0 aliphatic rings. The molecule has 0 bridgehead atoms. The number of benzene rings is 1. The molecule has 90 valence electrons. The van der Waals surface area contributed by atoms with Gasteiger partial charge < -0.3 is 5.32 Å². The van der Waals surface area contributed by atoms with Crippen LogP contribution < -0.4 is 5.32 Å². The maximum Gasteiger partial charge on any atom is 0.0208 e. The van der Waals surface area contributed by atoms with Crippen molar-refractivity contribution < 1.29 is 0 Å². The number of halogens is 1. The maximum absolute atomic E-state index is 3.54. The minimum Gasteiger partial charge on any atom is -0.309 e. The molecular formula is C13H20BrNS. The van der Waals surface area contributed by atoms with Gasteiger partial charge in [-0.2, -0.15) is 11.8 Å². The van der Waals surface area contributed by atoms with Gasteiger partial charge in [-0.25, -0.2) is 0 Å². The van der Waals surface area contributed by atoms with E-state index in [1.54, 1.807) is 0 Å². The Kier molecular flexibility index (Phi) is 6.47. The number of thioether (sulfide) groups is 1. The molecule has 0 aromatic heterocycles. The van der Waals surface area contributed by atoms with E-state index in [1.165, 1.54) is 27.1 Å². The Morgan fingerprint density at radius 3 is 2.81 bits per heavy atom. The van der Waals surface area contributed by atoms with Gasteiger partial charge in [-0.15, -0.1) is 0 Å². The van der Waals surface area contributed by atoms with Gasteiger partial charge in [0, 0.05) is 22.8 Å². The summed E-state index contributed by atoms with van der Waals surface area (Å²) in [6.45, 7) is 7.54. The quantitative estimate of drug-likeness (QED) is 0.853. The van der Waals surface area contributed by atoms with Crippen LogP contribution in [0.2, 0.25) is 0 Å². The van der Waals surface area contributed by atoms with Crippen molar-refractivity contribution in [2.24, 2.45) is 0 Å². The van der Waals surface area contributed by atoms with Gasteiger partial charge in [-0.1, -0.05) is 35.0 Å². The van der Waals surface area contributed by atoms with E-state index in [-0.39, 0.29) is 0 Å². The second-order valence-electron chi connectivity index (χ2n) is 4.02. The van der Waals surface area contributed by atoms with Crippen molar-refractivity contribution in [3.05, 3.63) is 33.8 Å². The van der Waals surface area contributed by atoms with Gasteiger partial charge in [-0.05, 0) is 36.8 Å². The van der Waals surface area contributed by atoms with E-state index in [2.05, 4.69) is 60.2 Å². The van der Waals surface area contributed by atoms with Gasteiger partial charge in [-0.3, -0.25) is 0 Å². The Hall–Kier alpha value is 0.01000. The highest BCUT2D eigenvalue weighted by Gasteiger charge is 2.02. The first-order valence-electron chi connectivity index (χ1n) is 5.69. The zero-order valence-corrected chi connectivity index (χ0v) is 12.6. The summed E-state index contributed by atoms with van der Waals surface area (Å²) in [6.07, 6.45) is 0. The minimum absolute atomic E-state index is 0.578. The zero-order chi connectivity index (χ0) is 12.0. The van der Waals surface area contributed by atoms with E-state index in [0.717, 1.165) is 6.54 Å². The third-order valence-electron chi connectivity index (χ3n) is 2.45. The molecule has 1 aromatic carbocycles. The Morgan fingerprint density at radius 1 is 1.44 bits per heavy atom. The molecule has 0 aliphatic heterocycles. The van der Waals surface area contributed by atoms with Crippen molar-refractivity contribution >= 4 is 27.7 Å². The number of hydrogen-bond donors (Lipinski definition) is 1. The molecule has 0 amide bonds. The number of hydrogen-bond acceptors (Lipinski definition) is 2. The first-order chi connectivity index (χ1) is 7.63. The fourth-order valence-corrected chi connectivity index (χ4v) is 2.42. The summed E-state index contributed by atoms with van der Waals surface area (Å²) in [5, 5.41) is 3.54. The average Bonchev–Trinajstić information content (AvgIpc) is 2.28. The van der Waals surface area contributed by atoms with Crippen molar-refractivity contribution in [1.29, 1.82) is 0 Å². The SMILES string of the molecule is CCSCC(C)NCc1ccc(Br)c(C)c1. The molecule has 0 spiro atoms. The fraction of sp³-hybridized carbons (Fsp3) is 0.538. The minimum atomic E-state index is 0.578. The lowest BCUT2D eigenvalue weighted by Gasteiger charge is -2.13. The van der Waals surface area contributed by atoms with E-state index in [1.807, 2.05) is 11.8 Å². The van der Waals surface area contributed by atoms with Crippen molar-refractivity contribution in [2.75, 3.05) is 11.5 Å². The van der Waals surface area contributed by atoms with E-state index in [4.69, 9.17) is 0 Å². The lowest BCUT2D eigenvalue weighted by atomic mass is 10.1. The van der Waals surface area contributed by atoms with Gasteiger partial charge in [0.15, 0.2) is 0 Å². The van der Waals surface area contributed by atoms with Crippen LogP contribution in [0, 0.1) is 6.92 Å². The maximum atomic E-state index is 3.54. The summed E-state index contributed by atoms with van der Waals surface area (Å²) >= 11 is 5.51. The van der Waals surface area contributed by atoms with Crippen LogP contribution in [0.5, 0.6) is 0 Å². The van der Waals surface area contributed by atoms with Gasteiger partial charge in [0.05, 0.1) is 0 Å². The van der Waals surface area contributed by atoms with Crippen molar-refractivity contribution in [2.45, 2.75) is 33.4 Å². The van der Waals surface area contributed by atoms with Crippen LogP contribution in [0.15, 0.2) is 22.7 Å². The molecule has 1 unspecified atom stereocenters. The van der Waals surface area contributed by atoms with Gasteiger partial charge in [0.2, 0.25) is 0 Å². The van der Waals surface area contributed by atoms with Crippen molar-refractivity contribution in [3.63, 3.8) is 0 Å². The highest BCUT2D eigenvalue weighted by molar-refractivity contribution is 9.10. The molecule has 1 aromatic rings. The third kappa shape index (κ3) is 4.89. The molecule has 0 aliphatic carbocycles. The lowest BCUT2D eigenvalue weighted by molar-refractivity contribution is 0.595. The molecule has 0 fully saturated rings. The summed E-state index contributed by atoms with van der Waals surface area (Å²) in [4.78, 5) is 0. The Labute approximate surface area is 112 Å². The van der Waals surface area contributed by atoms with Crippen LogP contribution in [0.4, 0.5) is 0 Å². The van der Waals surface area contributed by atoms with Crippen molar-refractivity contribution in [3.8, 4) is 0 Å². The number of aryl methyl sites for hydroxylation is 1. The predicted octanol–water partition coefficient (Wildman–Crippen LogP) is 3.99. The summed E-state index contributed by atoms with van der Waals surface area (Å²) < 4.78 is 1.19. The number of rotatable bonds is 6. The molecular weight excluding hydrogens is 282 g/mol. The van der Waals surface area contributed by atoms with E-state index < -0.39 is 0 Å². The first-order valence-corrected chi connectivity index (χ1v) is 7.64. The molecule has 1 atom stereocenters. The van der Waals surface area contributed by atoms with Crippen molar-refractivity contribution in [1.82, 2.24) is 5.32 Å². The monoisotopic (exact) mass is 301 g/mol. The Morgan fingerprint density at radius 2 is 2.19 bits per heavy atom. The van der Waals surface area contributed by atoms with Gasteiger partial charge in [0.25, 0.3) is 0 Å². The molecule has 0 radical (unpaired) electrons. The predicted molar refractivity (Wildman–Crippen MR) is 78.2 cm³/mol. The highest BCUT2D eigenvalue weighted by Crippen LogP contribution is 2.17. The topological polar surface area (TPSA) is 12.0 Å². The largest absolute Gasteiger partial charge is 0.309 e. The molecule has 0 saturated carbocycles. The van der Waals surface area contributed by atoms with Crippen LogP contribution in [0.1, 0.15) is 25.0 Å². The Balaban J connectivity index is 2.39. The molecule has 3 heteroatoms. The molecule has 0 heterocycles. The first kappa shape index (κ1) is 14.1. The van der Waals surface area contributed by atoms with Crippen LogP contribution in [0.3, 0.4) is 0 Å². The van der Waals surface area contributed by atoms with Crippen LogP contribution in [-0.4, -0.2) is 17.5 Å². The van der Waals surface area contributed by atoms with Gasteiger partial charge in [0.1, 0.15) is 0 Å². The molecule has 1 rings (SSSR count). The summed E-state index contributed by atoms with van der Waals surface area (Å²) in [6, 6.07) is 7.10. The standard InChI is InChI=1S/C13H20BrNS/c1-4-16-9-11(3)15-8-12-5-6-13(14)10(2)7-12/h5-7,11,15H,4,8-9H2,1-3H3. The van der Waals surface area contributed by atoms with E-state index >= 15 is 0 Å². The molecule has 0 saturated heterocycles. The molecule has 1 nitrogen and oxygen atoms in total. The lowest BCUT2D eigenvalue weighted by Crippen LogP contribution is -2.27. The molecule has 1 N–H and O–H groups in total. The van der Waals surface area contributed by atoms with E-state index in [0.29, 0.717) is 6.04 Å². The van der Waals surface area contributed by atoms with Gasteiger partial charge >= 0.3 is 0 Å². The second-order valence-corrected chi connectivity index (χ2v) is 6.20. The molecule has 16 heavy (non-hydrogen) atoms. The fourth-order valence-electron chi connectivity index (χ4n) is 1.46. The normalized spacial score (nSPS) is 12.8. The summed E-state index contributed by atoms with van der Waals surface area (Å²) in [5.74, 6) is 2.38. The zero-order valence-electron chi connectivity index (χ0n) is 10.2. The van der Waals surface area contributed by atoms with E-state index in [9.17, 15) is 0 Å².